The smallest absolute Gasteiger partial charge is 0.407 e. The van der Waals surface area contributed by atoms with E-state index in [1.807, 2.05) is 55.5 Å². The van der Waals surface area contributed by atoms with Crippen LogP contribution in [-0.2, 0) is 22.3 Å². The zero-order valence-electron chi connectivity index (χ0n) is 18.5. The van der Waals surface area contributed by atoms with E-state index in [0.29, 0.717) is 18.9 Å². The highest BCUT2D eigenvalue weighted by molar-refractivity contribution is 7.57. The summed E-state index contributed by atoms with van der Waals surface area (Å²) in [6.07, 6.45) is 5.67. The number of carbonyl (C=O) groups excluding carboxylic acids is 1. The van der Waals surface area contributed by atoms with Crippen LogP contribution in [0.1, 0.15) is 50.2 Å². The standard InChI is InChI=1S/C25H36NO4P/c1-22(21-31(28,29)19-11-9-15-23-13-4-2-5-14-23)12-8-10-18-26-25(27)30-20-24-16-6-3-7-17-24/h2-7,13-14,16-17,22H,8-12,15,18-21H2,1H3,(H,26,27)(H,28,29). The number of benzene rings is 2. The maximum atomic E-state index is 12.5. The maximum absolute atomic E-state index is 12.5. The van der Waals surface area contributed by atoms with Crippen molar-refractivity contribution < 1.29 is 19.0 Å². The molecule has 2 unspecified atom stereocenters. The molecule has 2 aromatic carbocycles. The van der Waals surface area contributed by atoms with Gasteiger partial charge in [0.2, 0.25) is 7.37 Å². The predicted octanol–water partition coefficient (Wildman–Crippen LogP) is 6.01. The third kappa shape index (κ3) is 11.8. The summed E-state index contributed by atoms with van der Waals surface area (Å²) in [7, 11) is -3.07. The SMILES string of the molecule is CC(CCCCNC(=O)OCc1ccccc1)CP(=O)(O)CCCCc1ccccc1. The number of aryl methyl sites for hydroxylation is 1. The van der Waals surface area contributed by atoms with E-state index >= 15 is 0 Å². The zero-order chi connectivity index (χ0) is 22.4. The van der Waals surface area contributed by atoms with Gasteiger partial charge in [0.25, 0.3) is 0 Å². The Labute approximate surface area is 186 Å². The number of alkyl carbamates (subject to hydrolysis) is 1. The van der Waals surface area contributed by atoms with Crippen LogP contribution in [0.5, 0.6) is 0 Å². The number of rotatable bonds is 14. The van der Waals surface area contributed by atoms with Crippen LogP contribution in [0.15, 0.2) is 60.7 Å². The number of hydrogen-bond acceptors (Lipinski definition) is 3. The third-order valence-electron chi connectivity index (χ3n) is 5.27. The van der Waals surface area contributed by atoms with Gasteiger partial charge in [0.15, 0.2) is 0 Å². The molecule has 31 heavy (non-hydrogen) atoms. The molecule has 0 aliphatic rings. The van der Waals surface area contributed by atoms with E-state index in [1.54, 1.807) is 0 Å². The average Bonchev–Trinajstić information content (AvgIpc) is 2.76. The topological polar surface area (TPSA) is 75.6 Å². The number of unbranched alkanes of at least 4 members (excludes halogenated alkanes) is 2. The molecule has 0 saturated heterocycles. The molecule has 2 atom stereocenters. The first-order chi connectivity index (χ1) is 14.9. The molecule has 0 spiro atoms. The summed E-state index contributed by atoms with van der Waals surface area (Å²) in [6.45, 7) is 2.85. The van der Waals surface area contributed by atoms with Crippen molar-refractivity contribution in [2.45, 2.75) is 52.1 Å². The van der Waals surface area contributed by atoms with Gasteiger partial charge in [-0.05, 0) is 42.7 Å². The monoisotopic (exact) mass is 445 g/mol. The van der Waals surface area contributed by atoms with Crippen molar-refractivity contribution in [2.75, 3.05) is 18.9 Å². The molecule has 0 bridgehead atoms. The molecule has 0 heterocycles. The highest BCUT2D eigenvalue weighted by Gasteiger charge is 2.21. The summed E-state index contributed by atoms with van der Waals surface area (Å²) < 4.78 is 17.7. The number of hydrogen-bond donors (Lipinski definition) is 2. The quantitative estimate of drug-likeness (QED) is 0.276. The summed E-state index contributed by atoms with van der Waals surface area (Å²) in [5.41, 5.74) is 2.24. The van der Waals surface area contributed by atoms with Crippen LogP contribution >= 0.6 is 7.37 Å². The Morgan fingerprint density at radius 2 is 1.61 bits per heavy atom. The molecule has 5 nitrogen and oxygen atoms in total. The van der Waals surface area contributed by atoms with Crippen LogP contribution in [0.4, 0.5) is 4.79 Å². The lowest BCUT2D eigenvalue weighted by Crippen LogP contribution is -2.25. The number of nitrogens with one attached hydrogen (secondary N) is 1. The molecule has 0 aliphatic heterocycles. The summed E-state index contributed by atoms with van der Waals surface area (Å²) in [5.74, 6) is 0.204. The molecule has 0 radical (unpaired) electrons. The van der Waals surface area contributed by atoms with Crippen molar-refractivity contribution in [3.63, 3.8) is 0 Å². The molecule has 2 N–H and O–H groups in total. The van der Waals surface area contributed by atoms with Gasteiger partial charge >= 0.3 is 6.09 Å². The molecule has 0 fully saturated rings. The Morgan fingerprint density at radius 1 is 0.968 bits per heavy atom. The van der Waals surface area contributed by atoms with Gasteiger partial charge in [0.1, 0.15) is 6.61 Å². The van der Waals surface area contributed by atoms with E-state index in [-0.39, 0.29) is 12.5 Å². The Morgan fingerprint density at radius 3 is 2.29 bits per heavy atom. The van der Waals surface area contributed by atoms with Gasteiger partial charge in [0.05, 0.1) is 0 Å². The van der Waals surface area contributed by atoms with Gasteiger partial charge in [-0.1, -0.05) is 80.4 Å². The average molecular weight is 446 g/mol. The van der Waals surface area contributed by atoms with Gasteiger partial charge in [-0.25, -0.2) is 4.79 Å². The Hall–Kier alpha value is -2.10. The van der Waals surface area contributed by atoms with E-state index in [4.69, 9.17) is 4.74 Å². The van der Waals surface area contributed by atoms with Gasteiger partial charge < -0.3 is 14.9 Å². The molecule has 170 valence electrons. The van der Waals surface area contributed by atoms with Crippen molar-refractivity contribution in [1.29, 1.82) is 0 Å². The Balaban J connectivity index is 1.49. The zero-order valence-corrected chi connectivity index (χ0v) is 19.4. The second-order valence-corrected chi connectivity index (χ2v) is 10.8. The molecule has 1 amide bonds. The van der Waals surface area contributed by atoms with Crippen LogP contribution in [0.2, 0.25) is 0 Å². The second kappa shape index (κ2) is 14.1. The van der Waals surface area contributed by atoms with Crippen molar-refractivity contribution in [1.82, 2.24) is 5.32 Å². The molecule has 6 heteroatoms. The van der Waals surface area contributed by atoms with Crippen LogP contribution in [-0.4, -0.2) is 29.9 Å². The maximum Gasteiger partial charge on any atom is 0.407 e. The minimum Gasteiger partial charge on any atom is -0.445 e. The first-order valence-corrected chi connectivity index (χ1v) is 13.3. The summed E-state index contributed by atoms with van der Waals surface area (Å²) in [4.78, 5) is 22.0. The molecule has 0 aromatic heterocycles. The van der Waals surface area contributed by atoms with Crippen molar-refractivity contribution in [3.05, 3.63) is 71.8 Å². The fourth-order valence-corrected chi connectivity index (χ4v) is 5.64. The van der Waals surface area contributed by atoms with E-state index < -0.39 is 13.5 Å². The summed E-state index contributed by atoms with van der Waals surface area (Å²) >= 11 is 0. The van der Waals surface area contributed by atoms with Crippen molar-refractivity contribution in [2.24, 2.45) is 5.92 Å². The summed E-state index contributed by atoms with van der Waals surface area (Å²) in [6, 6.07) is 19.8. The number of amides is 1. The lowest BCUT2D eigenvalue weighted by Gasteiger charge is -2.17. The Kier molecular flexibility index (Phi) is 11.4. The van der Waals surface area contributed by atoms with Crippen molar-refractivity contribution >= 4 is 13.5 Å². The Bertz CT molecular complexity index is 798. The molecule has 0 aliphatic carbocycles. The largest absolute Gasteiger partial charge is 0.445 e. The minimum absolute atomic E-state index is 0.204. The van der Waals surface area contributed by atoms with E-state index in [9.17, 15) is 14.3 Å². The molecule has 0 saturated carbocycles. The summed E-state index contributed by atoms with van der Waals surface area (Å²) in [5, 5.41) is 2.76. The molecular weight excluding hydrogens is 409 g/mol. The lowest BCUT2D eigenvalue weighted by atomic mass is 10.1. The minimum atomic E-state index is -3.07. The fraction of sp³-hybridized carbons (Fsp3) is 0.480. The van der Waals surface area contributed by atoms with Crippen LogP contribution in [0, 0.1) is 5.92 Å². The van der Waals surface area contributed by atoms with Crippen LogP contribution in [0.25, 0.3) is 0 Å². The second-order valence-electron chi connectivity index (χ2n) is 8.28. The first kappa shape index (κ1) is 25.2. The third-order valence-corrected chi connectivity index (χ3v) is 7.48. The van der Waals surface area contributed by atoms with Gasteiger partial charge in [-0.2, -0.15) is 0 Å². The van der Waals surface area contributed by atoms with E-state index in [0.717, 1.165) is 44.1 Å². The van der Waals surface area contributed by atoms with Crippen molar-refractivity contribution in [3.8, 4) is 0 Å². The molecule has 2 aromatic rings. The number of carbonyl (C=O) groups is 1. The normalized spacial score (nSPS) is 13.9. The van der Waals surface area contributed by atoms with E-state index in [2.05, 4.69) is 17.4 Å². The van der Waals surface area contributed by atoms with Gasteiger partial charge in [-0.3, -0.25) is 4.57 Å². The van der Waals surface area contributed by atoms with E-state index in [1.165, 1.54) is 5.56 Å². The van der Waals surface area contributed by atoms with Crippen LogP contribution in [0.3, 0.4) is 0 Å². The highest BCUT2D eigenvalue weighted by atomic mass is 31.2. The van der Waals surface area contributed by atoms with Gasteiger partial charge in [0, 0.05) is 18.9 Å². The molecule has 2 rings (SSSR count). The van der Waals surface area contributed by atoms with Crippen LogP contribution < -0.4 is 5.32 Å². The molecular formula is C25H36NO4P. The predicted molar refractivity (Wildman–Crippen MR) is 127 cm³/mol. The first-order valence-electron chi connectivity index (χ1n) is 11.2. The van der Waals surface area contributed by atoms with Gasteiger partial charge in [-0.15, -0.1) is 0 Å². The lowest BCUT2D eigenvalue weighted by molar-refractivity contribution is 0.139. The highest BCUT2D eigenvalue weighted by Crippen LogP contribution is 2.44. The fourth-order valence-electron chi connectivity index (χ4n) is 3.58. The number of ether oxygens (including phenoxy) is 1.